The van der Waals surface area contributed by atoms with E-state index in [9.17, 15) is 0 Å². The largest absolute Gasteiger partial charge is 0.329 e. The highest BCUT2D eigenvalue weighted by molar-refractivity contribution is 7.99. The SMILES string of the molecule is CSC1CCC(n2c(=S)[nH]c3cnccc32)CC1. The van der Waals surface area contributed by atoms with Crippen molar-refractivity contribution in [2.24, 2.45) is 0 Å². The number of hydrogen-bond acceptors (Lipinski definition) is 3. The van der Waals surface area contributed by atoms with Gasteiger partial charge in [0, 0.05) is 17.5 Å². The lowest BCUT2D eigenvalue weighted by atomic mass is 9.94. The van der Waals surface area contributed by atoms with Gasteiger partial charge in [-0.25, -0.2) is 0 Å². The van der Waals surface area contributed by atoms with Crippen LogP contribution in [-0.2, 0) is 0 Å². The summed E-state index contributed by atoms with van der Waals surface area (Å²) < 4.78 is 3.13. The Kier molecular flexibility index (Phi) is 3.43. The summed E-state index contributed by atoms with van der Waals surface area (Å²) in [6.45, 7) is 0. The van der Waals surface area contributed by atoms with Crippen LogP contribution in [0, 0.1) is 4.77 Å². The van der Waals surface area contributed by atoms with Gasteiger partial charge in [0.25, 0.3) is 0 Å². The number of H-pyrrole nitrogens is 1. The fraction of sp³-hybridized carbons (Fsp3) is 0.538. The number of fused-ring (bicyclic) bond motifs is 1. The first kappa shape index (κ1) is 12.2. The number of aromatic amines is 1. The first-order chi connectivity index (χ1) is 8.79. The van der Waals surface area contributed by atoms with Crippen molar-refractivity contribution < 1.29 is 0 Å². The second-order valence-corrected chi connectivity index (χ2v) is 6.38. The Hall–Kier alpha value is -0.810. The van der Waals surface area contributed by atoms with Crippen LogP contribution in [0.25, 0.3) is 11.0 Å². The summed E-state index contributed by atoms with van der Waals surface area (Å²) in [4.78, 5) is 7.40. The summed E-state index contributed by atoms with van der Waals surface area (Å²) >= 11 is 7.47. The molecule has 0 amide bonds. The summed E-state index contributed by atoms with van der Waals surface area (Å²) in [6.07, 6.45) is 11.0. The van der Waals surface area contributed by atoms with E-state index in [2.05, 4.69) is 26.9 Å². The maximum Gasteiger partial charge on any atom is 0.178 e. The lowest BCUT2D eigenvalue weighted by molar-refractivity contribution is 0.364. The molecule has 0 aromatic carbocycles. The molecule has 2 aromatic heterocycles. The predicted molar refractivity (Wildman–Crippen MR) is 79.7 cm³/mol. The van der Waals surface area contributed by atoms with Crippen molar-refractivity contribution in [2.45, 2.75) is 37.0 Å². The van der Waals surface area contributed by atoms with Crippen molar-refractivity contribution in [1.82, 2.24) is 14.5 Å². The molecule has 1 aliphatic rings. The van der Waals surface area contributed by atoms with Crippen molar-refractivity contribution in [3.05, 3.63) is 23.2 Å². The summed E-state index contributed by atoms with van der Waals surface area (Å²) in [6, 6.07) is 2.61. The minimum Gasteiger partial charge on any atom is -0.329 e. The second-order valence-electron chi connectivity index (χ2n) is 4.86. The predicted octanol–water partition coefficient (Wildman–Crippen LogP) is 3.94. The number of thioether (sulfide) groups is 1. The van der Waals surface area contributed by atoms with Crippen LogP contribution in [0.1, 0.15) is 31.7 Å². The molecule has 0 radical (unpaired) electrons. The van der Waals surface area contributed by atoms with Crippen LogP contribution in [0.2, 0.25) is 0 Å². The third kappa shape index (κ3) is 2.10. The molecule has 0 unspecified atom stereocenters. The lowest BCUT2D eigenvalue weighted by Gasteiger charge is -2.28. The quantitative estimate of drug-likeness (QED) is 0.845. The second kappa shape index (κ2) is 5.05. The minimum atomic E-state index is 0.553. The van der Waals surface area contributed by atoms with E-state index in [1.54, 1.807) is 0 Å². The smallest absolute Gasteiger partial charge is 0.178 e. The van der Waals surface area contributed by atoms with Gasteiger partial charge in [-0.05, 0) is 50.2 Å². The van der Waals surface area contributed by atoms with E-state index in [-0.39, 0.29) is 0 Å². The van der Waals surface area contributed by atoms with Crippen molar-refractivity contribution >= 4 is 35.0 Å². The molecule has 0 atom stereocenters. The van der Waals surface area contributed by atoms with Gasteiger partial charge in [-0.15, -0.1) is 0 Å². The molecule has 0 aliphatic heterocycles. The van der Waals surface area contributed by atoms with Gasteiger partial charge in [0.1, 0.15) is 0 Å². The summed E-state index contributed by atoms with van der Waals surface area (Å²) in [5.41, 5.74) is 2.25. The zero-order valence-corrected chi connectivity index (χ0v) is 12.1. The van der Waals surface area contributed by atoms with E-state index in [4.69, 9.17) is 12.2 Å². The summed E-state index contributed by atoms with van der Waals surface area (Å²) in [7, 11) is 0. The summed E-state index contributed by atoms with van der Waals surface area (Å²) in [5.74, 6) is 0. The molecule has 3 rings (SSSR count). The monoisotopic (exact) mass is 279 g/mol. The highest BCUT2D eigenvalue weighted by Crippen LogP contribution is 2.35. The fourth-order valence-corrected chi connectivity index (χ4v) is 3.98. The van der Waals surface area contributed by atoms with Crippen LogP contribution < -0.4 is 0 Å². The highest BCUT2D eigenvalue weighted by Gasteiger charge is 2.23. The van der Waals surface area contributed by atoms with Crippen LogP contribution in [-0.4, -0.2) is 26.0 Å². The van der Waals surface area contributed by atoms with Gasteiger partial charge >= 0.3 is 0 Å². The molecule has 1 aliphatic carbocycles. The average molecular weight is 279 g/mol. The molecule has 96 valence electrons. The van der Waals surface area contributed by atoms with Crippen molar-refractivity contribution in [3.8, 4) is 0 Å². The Balaban J connectivity index is 1.95. The van der Waals surface area contributed by atoms with E-state index in [0.717, 1.165) is 15.5 Å². The van der Waals surface area contributed by atoms with E-state index in [1.807, 2.05) is 24.2 Å². The van der Waals surface area contributed by atoms with Crippen LogP contribution in [0.4, 0.5) is 0 Å². The average Bonchev–Trinajstić information content (AvgIpc) is 2.75. The first-order valence-corrected chi connectivity index (χ1v) is 8.06. The highest BCUT2D eigenvalue weighted by atomic mass is 32.2. The molecular formula is C13H17N3S2. The lowest BCUT2D eigenvalue weighted by Crippen LogP contribution is -2.19. The number of nitrogens with zero attached hydrogens (tertiary/aromatic N) is 2. The molecule has 2 aromatic rings. The topological polar surface area (TPSA) is 33.6 Å². The normalized spacial score (nSPS) is 24.5. The van der Waals surface area contributed by atoms with Gasteiger partial charge in [0.15, 0.2) is 4.77 Å². The third-order valence-corrected chi connectivity index (χ3v) is 5.30. The molecule has 0 bridgehead atoms. The van der Waals surface area contributed by atoms with Gasteiger partial charge in [-0.1, -0.05) is 0 Å². The number of imidazole rings is 1. The Morgan fingerprint density at radius 2 is 2.17 bits per heavy atom. The number of hydrogen-bond donors (Lipinski definition) is 1. The molecule has 1 N–H and O–H groups in total. The van der Waals surface area contributed by atoms with Gasteiger partial charge < -0.3 is 9.55 Å². The molecule has 5 heteroatoms. The molecule has 0 saturated heterocycles. The number of nitrogens with one attached hydrogen (secondary N) is 1. The van der Waals surface area contributed by atoms with Gasteiger partial charge in [0.2, 0.25) is 0 Å². The van der Waals surface area contributed by atoms with Crippen LogP contribution in [0.15, 0.2) is 18.5 Å². The minimum absolute atomic E-state index is 0.553. The standard InChI is InChI=1S/C13H17N3S2/c1-18-10-4-2-9(3-5-10)16-12-6-7-14-8-11(12)15-13(16)17/h6-10H,2-5H2,1H3,(H,15,17). The maximum atomic E-state index is 5.47. The van der Waals surface area contributed by atoms with Gasteiger partial charge in [-0.3, -0.25) is 4.98 Å². The molecule has 3 nitrogen and oxygen atoms in total. The molecular weight excluding hydrogens is 262 g/mol. The summed E-state index contributed by atoms with van der Waals surface area (Å²) in [5, 5.41) is 0.835. The number of pyridine rings is 1. The zero-order valence-electron chi connectivity index (χ0n) is 10.4. The number of aromatic nitrogens is 3. The number of rotatable bonds is 2. The maximum absolute atomic E-state index is 5.47. The van der Waals surface area contributed by atoms with Gasteiger partial charge in [0.05, 0.1) is 17.2 Å². The van der Waals surface area contributed by atoms with Crippen molar-refractivity contribution in [3.63, 3.8) is 0 Å². The Morgan fingerprint density at radius 3 is 2.89 bits per heavy atom. The van der Waals surface area contributed by atoms with Gasteiger partial charge in [-0.2, -0.15) is 11.8 Å². The third-order valence-electron chi connectivity index (χ3n) is 3.86. The molecule has 2 heterocycles. The molecule has 0 spiro atoms. The van der Waals surface area contributed by atoms with E-state index < -0.39 is 0 Å². The zero-order chi connectivity index (χ0) is 12.5. The van der Waals surface area contributed by atoms with E-state index >= 15 is 0 Å². The van der Waals surface area contributed by atoms with Crippen molar-refractivity contribution in [2.75, 3.05) is 6.26 Å². The molecule has 1 saturated carbocycles. The van der Waals surface area contributed by atoms with Crippen LogP contribution >= 0.6 is 24.0 Å². The Morgan fingerprint density at radius 1 is 1.39 bits per heavy atom. The van der Waals surface area contributed by atoms with Crippen LogP contribution in [0.5, 0.6) is 0 Å². The van der Waals surface area contributed by atoms with E-state index in [1.165, 1.54) is 31.2 Å². The fourth-order valence-electron chi connectivity index (χ4n) is 2.88. The van der Waals surface area contributed by atoms with Crippen LogP contribution in [0.3, 0.4) is 0 Å². The molecule has 18 heavy (non-hydrogen) atoms. The van der Waals surface area contributed by atoms with E-state index in [0.29, 0.717) is 6.04 Å². The Bertz CT molecular complexity index is 594. The van der Waals surface area contributed by atoms with Crippen molar-refractivity contribution in [1.29, 1.82) is 0 Å². The first-order valence-electron chi connectivity index (χ1n) is 6.36. The molecule has 1 fully saturated rings. The Labute approximate surface area is 116 Å².